The molecule has 0 fully saturated rings. The fourth-order valence-corrected chi connectivity index (χ4v) is 3.24. The van der Waals surface area contributed by atoms with E-state index in [1.54, 1.807) is 30.6 Å². The summed E-state index contributed by atoms with van der Waals surface area (Å²) in [6, 6.07) is 25.5. The Hall–Kier alpha value is -3.48. The molecule has 1 atom stereocenters. The normalized spacial score (nSPS) is 11.8. The van der Waals surface area contributed by atoms with E-state index in [1.165, 1.54) is 0 Å². The van der Waals surface area contributed by atoms with Crippen LogP contribution in [0.25, 0.3) is 21.9 Å². The number of rotatable bonds is 3. The van der Waals surface area contributed by atoms with Crippen molar-refractivity contribution in [2.45, 2.75) is 6.10 Å². The van der Waals surface area contributed by atoms with Gasteiger partial charge in [-0.05, 0) is 40.1 Å². The number of hydrogen-bond acceptors (Lipinski definition) is 3. The van der Waals surface area contributed by atoms with Crippen LogP contribution in [0.3, 0.4) is 0 Å². The van der Waals surface area contributed by atoms with E-state index < -0.39 is 6.10 Å². The summed E-state index contributed by atoms with van der Waals surface area (Å²) < 4.78 is 0. The summed E-state index contributed by atoms with van der Waals surface area (Å²) in [5.41, 5.74) is 3.86. The molecule has 0 spiro atoms. The molecule has 124 valence electrons. The predicted molar refractivity (Wildman–Crippen MR) is 102 cm³/mol. The van der Waals surface area contributed by atoms with Gasteiger partial charge in [-0.25, -0.2) is 0 Å². The van der Waals surface area contributed by atoms with Crippen LogP contribution < -0.4 is 0 Å². The molecular weight excluding hydrogens is 320 g/mol. The van der Waals surface area contributed by atoms with Crippen LogP contribution in [0.1, 0.15) is 22.8 Å². The first-order valence-electron chi connectivity index (χ1n) is 8.38. The molecule has 0 aliphatic heterocycles. The van der Waals surface area contributed by atoms with E-state index in [1.807, 2.05) is 36.4 Å². The van der Waals surface area contributed by atoms with Crippen LogP contribution in [0, 0.1) is 11.3 Å². The summed E-state index contributed by atoms with van der Waals surface area (Å²) in [5, 5.41) is 22.5. The fourth-order valence-electron chi connectivity index (χ4n) is 3.24. The average molecular weight is 336 g/mol. The van der Waals surface area contributed by atoms with E-state index in [0.29, 0.717) is 5.56 Å². The van der Waals surface area contributed by atoms with Crippen LogP contribution in [-0.4, -0.2) is 10.1 Å². The first-order chi connectivity index (χ1) is 12.8. The second-order valence-electron chi connectivity index (χ2n) is 6.13. The average Bonchev–Trinajstić information content (AvgIpc) is 2.73. The van der Waals surface area contributed by atoms with Crippen LogP contribution in [0.5, 0.6) is 0 Å². The van der Waals surface area contributed by atoms with Gasteiger partial charge in [-0.1, -0.05) is 54.6 Å². The number of pyridine rings is 1. The SMILES string of the molecule is N#Cc1ccc(C(O)c2cccnc2)cc1-c1cccc2ccccc12. The minimum absolute atomic E-state index is 0.587. The minimum atomic E-state index is -0.787. The molecule has 0 bridgehead atoms. The van der Waals surface area contributed by atoms with Gasteiger partial charge in [-0.3, -0.25) is 4.98 Å². The topological polar surface area (TPSA) is 56.9 Å². The third-order valence-corrected chi connectivity index (χ3v) is 4.56. The molecule has 0 saturated heterocycles. The van der Waals surface area contributed by atoms with Crippen molar-refractivity contribution in [2.24, 2.45) is 0 Å². The van der Waals surface area contributed by atoms with Crippen LogP contribution in [0.4, 0.5) is 0 Å². The van der Waals surface area contributed by atoms with Crippen molar-refractivity contribution in [1.29, 1.82) is 5.26 Å². The lowest BCUT2D eigenvalue weighted by Crippen LogP contribution is -2.01. The first kappa shape index (κ1) is 16.0. The zero-order valence-electron chi connectivity index (χ0n) is 14.0. The van der Waals surface area contributed by atoms with Crippen molar-refractivity contribution in [3.05, 3.63) is 102 Å². The molecule has 1 heterocycles. The lowest BCUT2D eigenvalue weighted by molar-refractivity contribution is 0.220. The Balaban J connectivity index is 1.89. The van der Waals surface area contributed by atoms with Gasteiger partial charge in [-0.15, -0.1) is 0 Å². The molecule has 0 amide bonds. The number of aliphatic hydroxyl groups is 1. The largest absolute Gasteiger partial charge is 0.384 e. The summed E-state index contributed by atoms with van der Waals surface area (Å²) in [7, 11) is 0. The van der Waals surface area contributed by atoms with E-state index in [2.05, 4.69) is 29.3 Å². The van der Waals surface area contributed by atoms with E-state index in [4.69, 9.17) is 0 Å². The van der Waals surface area contributed by atoms with Crippen molar-refractivity contribution >= 4 is 10.8 Å². The highest BCUT2D eigenvalue weighted by atomic mass is 16.3. The Morgan fingerprint density at radius 2 is 1.69 bits per heavy atom. The van der Waals surface area contributed by atoms with Gasteiger partial charge in [0.05, 0.1) is 11.6 Å². The second-order valence-corrected chi connectivity index (χ2v) is 6.13. The number of nitriles is 1. The molecule has 3 aromatic carbocycles. The number of aromatic nitrogens is 1. The monoisotopic (exact) mass is 336 g/mol. The molecular formula is C23H16N2O. The zero-order chi connectivity index (χ0) is 17.9. The molecule has 1 unspecified atom stereocenters. The molecule has 4 rings (SSSR count). The summed E-state index contributed by atoms with van der Waals surface area (Å²) >= 11 is 0. The molecule has 26 heavy (non-hydrogen) atoms. The maximum atomic E-state index is 10.7. The van der Waals surface area contributed by atoms with E-state index in [9.17, 15) is 10.4 Å². The third kappa shape index (κ3) is 2.83. The van der Waals surface area contributed by atoms with E-state index in [0.717, 1.165) is 33.0 Å². The van der Waals surface area contributed by atoms with Crippen molar-refractivity contribution < 1.29 is 5.11 Å². The van der Waals surface area contributed by atoms with Gasteiger partial charge in [0.1, 0.15) is 6.10 Å². The van der Waals surface area contributed by atoms with E-state index in [-0.39, 0.29) is 0 Å². The maximum absolute atomic E-state index is 10.7. The summed E-state index contributed by atoms with van der Waals surface area (Å²) in [6.45, 7) is 0. The van der Waals surface area contributed by atoms with E-state index >= 15 is 0 Å². The summed E-state index contributed by atoms with van der Waals surface area (Å²) in [5.74, 6) is 0. The Labute approximate surface area is 151 Å². The van der Waals surface area contributed by atoms with Crippen molar-refractivity contribution in [3.8, 4) is 17.2 Å². The van der Waals surface area contributed by atoms with Crippen LogP contribution >= 0.6 is 0 Å². The molecule has 3 nitrogen and oxygen atoms in total. The highest BCUT2D eigenvalue weighted by Gasteiger charge is 2.15. The Bertz CT molecular complexity index is 1110. The van der Waals surface area contributed by atoms with Crippen LogP contribution in [0.15, 0.2) is 85.2 Å². The summed E-state index contributed by atoms with van der Waals surface area (Å²) in [6.07, 6.45) is 2.54. The lowest BCUT2D eigenvalue weighted by Gasteiger charge is -2.15. The van der Waals surface area contributed by atoms with Gasteiger partial charge in [0.2, 0.25) is 0 Å². The highest BCUT2D eigenvalue weighted by molar-refractivity contribution is 5.97. The minimum Gasteiger partial charge on any atom is -0.384 e. The smallest absolute Gasteiger partial charge is 0.106 e. The molecule has 0 radical (unpaired) electrons. The fraction of sp³-hybridized carbons (Fsp3) is 0.0435. The zero-order valence-corrected chi connectivity index (χ0v) is 14.0. The first-order valence-corrected chi connectivity index (χ1v) is 8.38. The molecule has 1 aromatic heterocycles. The summed E-state index contributed by atoms with van der Waals surface area (Å²) in [4.78, 5) is 4.07. The van der Waals surface area contributed by atoms with Crippen molar-refractivity contribution in [2.75, 3.05) is 0 Å². The van der Waals surface area contributed by atoms with Gasteiger partial charge < -0.3 is 5.11 Å². The maximum Gasteiger partial charge on any atom is 0.106 e. The number of aliphatic hydroxyl groups excluding tert-OH is 1. The molecule has 0 aliphatic carbocycles. The van der Waals surface area contributed by atoms with Gasteiger partial charge in [0.15, 0.2) is 0 Å². The number of benzene rings is 3. The lowest BCUT2D eigenvalue weighted by atomic mass is 9.91. The second kappa shape index (κ2) is 6.79. The molecule has 0 saturated carbocycles. The van der Waals surface area contributed by atoms with Gasteiger partial charge in [0.25, 0.3) is 0 Å². The van der Waals surface area contributed by atoms with Crippen LogP contribution in [0.2, 0.25) is 0 Å². The Morgan fingerprint density at radius 1 is 0.846 bits per heavy atom. The quantitative estimate of drug-likeness (QED) is 0.581. The highest BCUT2D eigenvalue weighted by Crippen LogP contribution is 2.33. The van der Waals surface area contributed by atoms with Gasteiger partial charge >= 0.3 is 0 Å². The number of hydrogen-bond donors (Lipinski definition) is 1. The van der Waals surface area contributed by atoms with Crippen molar-refractivity contribution in [3.63, 3.8) is 0 Å². The Kier molecular flexibility index (Phi) is 4.18. The standard InChI is InChI=1S/C23H16N2O/c24-14-18-11-10-17(23(26)19-7-4-12-25-15-19)13-22(18)21-9-3-6-16-5-1-2-8-20(16)21/h1-13,15,23,26H. The Morgan fingerprint density at radius 3 is 2.50 bits per heavy atom. The molecule has 3 heteroatoms. The third-order valence-electron chi connectivity index (χ3n) is 4.56. The number of nitrogens with zero attached hydrogens (tertiary/aromatic N) is 2. The number of fused-ring (bicyclic) bond motifs is 1. The van der Waals surface area contributed by atoms with Gasteiger partial charge in [0, 0.05) is 23.5 Å². The predicted octanol–water partition coefficient (Wildman–Crippen LogP) is 4.86. The van der Waals surface area contributed by atoms with Crippen LogP contribution in [-0.2, 0) is 0 Å². The van der Waals surface area contributed by atoms with Gasteiger partial charge in [-0.2, -0.15) is 5.26 Å². The molecule has 1 N–H and O–H groups in total. The molecule has 0 aliphatic rings. The van der Waals surface area contributed by atoms with Crippen molar-refractivity contribution in [1.82, 2.24) is 4.98 Å². The molecule has 4 aromatic rings.